The zero-order chi connectivity index (χ0) is 23.3. The average molecular weight is 437 g/mol. The number of rotatable bonds is 6. The fourth-order valence-electron chi connectivity index (χ4n) is 3.08. The van der Waals surface area contributed by atoms with Crippen LogP contribution < -0.4 is 10.6 Å². The Kier molecular flexibility index (Phi) is 6.87. The highest BCUT2D eigenvalue weighted by Gasteiger charge is 2.18. The molecule has 9 heteroatoms. The van der Waals surface area contributed by atoms with Gasteiger partial charge in [-0.15, -0.1) is 0 Å². The Balaban J connectivity index is 1.62. The summed E-state index contributed by atoms with van der Waals surface area (Å²) in [5.74, 6) is 0.244. The second kappa shape index (κ2) is 9.59. The van der Waals surface area contributed by atoms with Gasteiger partial charge in [-0.2, -0.15) is 15.3 Å². The van der Waals surface area contributed by atoms with Crippen molar-refractivity contribution in [2.24, 2.45) is 0 Å². The molecule has 32 heavy (non-hydrogen) atoms. The van der Waals surface area contributed by atoms with Gasteiger partial charge in [0.05, 0.1) is 18.1 Å². The van der Waals surface area contributed by atoms with E-state index < -0.39 is 11.7 Å². The molecule has 0 radical (unpaired) electrons. The van der Waals surface area contributed by atoms with Crippen molar-refractivity contribution < 1.29 is 14.3 Å². The summed E-state index contributed by atoms with van der Waals surface area (Å²) in [4.78, 5) is 24.7. The summed E-state index contributed by atoms with van der Waals surface area (Å²) in [7, 11) is 0. The van der Waals surface area contributed by atoms with E-state index in [2.05, 4.69) is 31.0 Å². The molecule has 168 valence electrons. The lowest BCUT2D eigenvalue weighted by molar-refractivity contribution is -0.116. The van der Waals surface area contributed by atoms with Crippen LogP contribution >= 0.6 is 0 Å². The largest absolute Gasteiger partial charge is 0.444 e. The van der Waals surface area contributed by atoms with Crippen LogP contribution in [0, 0.1) is 13.8 Å². The Hall–Kier alpha value is -3.75. The lowest BCUT2D eigenvalue weighted by atomic mass is 10.0. The second-order valence-electron chi connectivity index (χ2n) is 8.59. The normalized spacial score (nSPS) is 11.2. The highest BCUT2D eigenvalue weighted by Crippen LogP contribution is 2.23. The van der Waals surface area contributed by atoms with Crippen molar-refractivity contribution in [2.75, 3.05) is 10.6 Å². The van der Waals surface area contributed by atoms with Gasteiger partial charge in [0.2, 0.25) is 5.91 Å². The van der Waals surface area contributed by atoms with Crippen LogP contribution in [-0.2, 0) is 16.0 Å². The van der Waals surface area contributed by atoms with Crippen molar-refractivity contribution in [1.29, 1.82) is 0 Å². The van der Waals surface area contributed by atoms with Gasteiger partial charge in [0.1, 0.15) is 5.60 Å². The van der Waals surface area contributed by atoms with Gasteiger partial charge in [0.25, 0.3) is 0 Å². The number of nitrogens with zero attached hydrogens (tertiary/aromatic N) is 3. The van der Waals surface area contributed by atoms with Crippen molar-refractivity contribution in [3.05, 3.63) is 53.3 Å². The molecule has 3 aromatic rings. The van der Waals surface area contributed by atoms with Crippen LogP contribution in [-0.4, -0.2) is 38.0 Å². The molecule has 0 aliphatic rings. The molecule has 0 saturated heterocycles. The van der Waals surface area contributed by atoms with E-state index in [4.69, 9.17) is 4.74 Å². The molecule has 0 fully saturated rings. The first-order chi connectivity index (χ1) is 15.1. The number of anilines is 2. The summed E-state index contributed by atoms with van der Waals surface area (Å²) >= 11 is 0. The van der Waals surface area contributed by atoms with Crippen LogP contribution in [0.5, 0.6) is 0 Å². The van der Waals surface area contributed by atoms with Gasteiger partial charge in [-0.05, 0) is 63.8 Å². The number of amides is 2. The first-order valence-corrected chi connectivity index (χ1v) is 10.3. The van der Waals surface area contributed by atoms with Gasteiger partial charge in [-0.1, -0.05) is 12.1 Å². The zero-order valence-electron chi connectivity index (χ0n) is 18.9. The highest BCUT2D eigenvalue weighted by atomic mass is 16.6. The quantitative estimate of drug-likeness (QED) is 0.526. The number of aromatic nitrogens is 4. The third kappa shape index (κ3) is 6.37. The predicted octanol–water partition coefficient (Wildman–Crippen LogP) is 4.40. The monoisotopic (exact) mass is 436 g/mol. The minimum atomic E-state index is -0.596. The maximum Gasteiger partial charge on any atom is 0.412 e. The molecule has 0 bridgehead atoms. The number of carbonyl (C=O) groups excluding carboxylic acids is 2. The van der Waals surface area contributed by atoms with E-state index >= 15 is 0 Å². The smallest absolute Gasteiger partial charge is 0.412 e. The molecule has 9 nitrogen and oxygen atoms in total. The molecule has 0 atom stereocenters. The number of aromatic amines is 1. The molecule has 0 unspecified atom stereocenters. The Bertz CT molecular complexity index is 1120. The molecule has 2 heterocycles. The third-order valence-electron chi connectivity index (χ3n) is 4.59. The first-order valence-electron chi connectivity index (χ1n) is 10.3. The predicted molar refractivity (Wildman–Crippen MR) is 122 cm³/mol. The van der Waals surface area contributed by atoms with Crippen LogP contribution in [0.2, 0.25) is 0 Å². The SMILES string of the molecule is Cc1ccc(CCC(=O)Nc2cc(-c3cnncc3C)[nH]n2)c(NC(=O)OC(C)(C)C)c1. The van der Waals surface area contributed by atoms with Crippen molar-refractivity contribution in [3.63, 3.8) is 0 Å². The van der Waals surface area contributed by atoms with Gasteiger partial charge in [0.15, 0.2) is 5.82 Å². The summed E-state index contributed by atoms with van der Waals surface area (Å²) in [5, 5.41) is 20.4. The molecule has 2 aromatic heterocycles. The standard InChI is InChI=1S/C23H28N6O3/c1-14-6-7-16(18(10-14)26-22(31)32-23(3,4)5)8-9-21(30)27-20-11-19(28-29-20)17-13-25-24-12-15(17)2/h6-7,10-13H,8-9H2,1-5H3,(H,26,31)(H2,27,28,29,30). The van der Waals surface area contributed by atoms with E-state index in [1.165, 1.54) is 0 Å². The third-order valence-corrected chi connectivity index (χ3v) is 4.59. The topological polar surface area (TPSA) is 122 Å². The lowest BCUT2D eigenvalue weighted by Gasteiger charge is -2.20. The number of aryl methyl sites for hydroxylation is 3. The fraction of sp³-hybridized carbons (Fsp3) is 0.348. The molecular weight excluding hydrogens is 408 g/mol. The Labute approximate surface area is 187 Å². The fourth-order valence-corrected chi connectivity index (χ4v) is 3.08. The van der Waals surface area contributed by atoms with E-state index in [9.17, 15) is 9.59 Å². The van der Waals surface area contributed by atoms with E-state index in [0.29, 0.717) is 17.9 Å². The van der Waals surface area contributed by atoms with Crippen LogP contribution in [0.4, 0.5) is 16.3 Å². The van der Waals surface area contributed by atoms with Crippen molar-refractivity contribution in [3.8, 4) is 11.3 Å². The van der Waals surface area contributed by atoms with Crippen LogP contribution in [0.25, 0.3) is 11.3 Å². The van der Waals surface area contributed by atoms with Gasteiger partial charge in [-0.3, -0.25) is 15.2 Å². The Morgan fingerprint density at radius 3 is 2.53 bits per heavy atom. The number of hydrogen-bond donors (Lipinski definition) is 3. The maximum atomic E-state index is 12.5. The minimum absolute atomic E-state index is 0.184. The molecule has 3 rings (SSSR count). The second-order valence-corrected chi connectivity index (χ2v) is 8.59. The van der Waals surface area contributed by atoms with Gasteiger partial charge in [0, 0.05) is 23.7 Å². The Morgan fingerprint density at radius 1 is 1.06 bits per heavy atom. The molecule has 3 N–H and O–H groups in total. The van der Waals surface area contributed by atoms with Crippen molar-refractivity contribution >= 4 is 23.5 Å². The zero-order valence-corrected chi connectivity index (χ0v) is 18.9. The molecule has 1 aromatic carbocycles. The molecule has 0 saturated carbocycles. The first kappa shape index (κ1) is 22.9. The van der Waals surface area contributed by atoms with Gasteiger partial charge < -0.3 is 10.1 Å². The summed E-state index contributed by atoms with van der Waals surface area (Å²) in [6.07, 6.45) is 3.45. The van der Waals surface area contributed by atoms with Crippen LogP contribution in [0.1, 0.15) is 43.9 Å². The lowest BCUT2D eigenvalue weighted by Crippen LogP contribution is -2.27. The number of H-pyrrole nitrogens is 1. The van der Waals surface area contributed by atoms with Gasteiger partial charge >= 0.3 is 6.09 Å². The number of hydrogen-bond acceptors (Lipinski definition) is 6. The van der Waals surface area contributed by atoms with Crippen LogP contribution in [0.15, 0.2) is 36.7 Å². The molecule has 0 spiro atoms. The van der Waals surface area contributed by atoms with E-state index in [0.717, 1.165) is 27.9 Å². The molecule has 0 aliphatic heterocycles. The summed E-state index contributed by atoms with van der Waals surface area (Å²) in [6, 6.07) is 7.46. The van der Waals surface area contributed by atoms with Crippen LogP contribution in [0.3, 0.4) is 0 Å². The maximum absolute atomic E-state index is 12.5. The summed E-state index contributed by atoms with van der Waals surface area (Å²) in [5.41, 5.74) is 4.44. The molecule has 2 amide bonds. The number of nitrogens with one attached hydrogen (secondary N) is 3. The number of ether oxygens (including phenoxy) is 1. The van der Waals surface area contributed by atoms with Crippen molar-refractivity contribution in [1.82, 2.24) is 20.4 Å². The Morgan fingerprint density at radius 2 is 1.81 bits per heavy atom. The summed E-state index contributed by atoms with van der Waals surface area (Å²) in [6.45, 7) is 9.28. The molecular formula is C23H28N6O3. The van der Waals surface area contributed by atoms with E-state index in [1.807, 2.05) is 32.0 Å². The summed E-state index contributed by atoms with van der Waals surface area (Å²) < 4.78 is 5.34. The number of benzene rings is 1. The highest BCUT2D eigenvalue weighted by molar-refractivity contribution is 5.91. The number of carbonyl (C=O) groups is 2. The minimum Gasteiger partial charge on any atom is -0.444 e. The van der Waals surface area contributed by atoms with Gasteiger partial charge in [-0.25, -0.2) is 4.79 Å². The molecule has 0 aliphatic carbocycles. The van der Waals surface area contributed by atoms with Crippen molar-refractivity contribution in [2.45, 2.75) is 53.1 Å². The van der Waals surface area contributed by atoms with E-state index in [-0.39, 0.29) is 12.3 Å². The average Bonchev–Trinajstić information content (AvgIpc) is 3.14. The van der Waals surface area contributed by atoms with E-state index in [1.54, 1.807) is 39.2 Å².